The van der Waals surface area contributed by atoms with Gasteiger partial charge in [-0.15, -0.1) is 0 Å². The molecule has 1 atom stereocenters. The van der Waals surface area contributed by atoms with E-state index in [0.717, 1.165) is 49.4 Å². The van der Waals surface area contributed by atoms with Crippen molar-refractivity contribution in [3.05, 3.63) is 95.3 Å². The van der Waals surface area contributed by atoms with Gasteiger partial charge in [0.1, 0.15) is 5.75 Å². The molecule has 1 aliphatic rings. The summed E-state index contributed by atoms with van der Waals surface area (Å²) in [5.41, 5.74) is 4.58. The average molecular weight is 401 g/mol. The molecule has 1 fully saturated rings. The molecule has 0 spiro atoms. The largest absolute Gasteiger partial charge is 0.497 e. The Morgan fingerprint density at radius 3 is 2.63 bits per heavy atom. The van der Waals surface area contributed by atoms with Crippen molar-refractivity contribution in [2.24, 2.45) is 0 Å². The molecule has 0 aliphatic carbocycles. The topological polar surface area (TPSA) is 42.4 Å². The van der Waals surface area contributed by atoms with Crippen LogP contribution >= 0.6 is 0 Å². The highest BCUT2D eigenvalue weighted by Gasteiger charge is 2.25. The van der Waals surface area contributed by atoms with Gasteiger partial charge in [-0.2, -0.15) is 0 Å². The summed E-state index contributed by atoms with van der Waals surface area (Å²) in [6, 6.07) is 22.5. The Labute approximate surface area is 178 Å². The first-order valence-electron chi connectivity index (χ1n) is 10.6. The lowest BCUT2D eigenvalue weighted by atomic mass is 9.93. The number of aromatic nitrogens is 1. The third kappa shape index (κ3) is 5.07. The average Bonchev–Trinajstić information content (AvgIpc) is 2.80. The quantitative estimate of drug-likeness (QED) is 0.606. The van der Waals surface area contributed by atoms with Gasteiger partial charge >= 0.3 is 0 Å². The fraction of sp³-hybridized carbons (Fsp3) is 0.308. The van der Waals surface area contributed by atoms with Crippen LogP contribution in [0.2, 0.25) is 0 Å². The molecule has 0 N–H and O–H groups in total. The Balaban J connectivity index is 1.37. The monoisotopic (exact) mass is 400 g/mol. The molecule has 3 aromatic rings. The number of ether oxygens (including phenoxy) is 1. The van der Waals surface area contributed by atoms with Gasteiger partial charge in [0.25, 0.3) is 0 Å². The Morgan fingerprint density at radius 1 is 1.03 bits per heavy atom. The zero-order valence-electron chi connectivity index (χ0n) is 17.5. The molecule has 4 nitrogen and oxygen atoms in total. The number of carbonyl (C=O) groups is 1. The van der Waals surface area contributed by atoms with Crippen molar-refractivity contribution < 1.29 is 9.53 Å². The Hall–Kier alpha value is -3.14. The van der Waals surface area contributed by atoms with Crippen LogP contribution in [0.25, 0.3) is 0 Å². The van der Waals surface area contributed by atoms with Gasteiger partial charge in [0.2, 0.25) is 5.91 Å². The van der Waals surface area contributed by atoms with E-state index in [1.54, 1.807) is 7.11 Å². The molecule has 30 heavy (non-hydrogen) atoms. The first-order valence-corrected chi connectivity index (χ1v) is 10.6. The zero-order chi connectivity index (χ0) is 20.8. The van der Waals surface area contributed by atoms with E-state index in [4.69, 9.17) is 9.72 Å². The second-order valence-corrected chi connectivity index (χ2v) is 7.96. The SMILES string of the molecule is COc1cccc(CC(=O)N2CCC[C@H](c3ccc(Cc4ccccc4)cn3)C2)c1. The number of amides is 1. The van der Waals surface area contributed by atoms with E-state index in [1.807, 2.05) is 41.4 Å². The summed E-state index contributed by atoms with van der Waals surface area (Å²) in [5.74, 6) is 1.27. The molecule has 1 aromatic heterocycles. The van der Waals surface area contributed by atoms with Crippen molar-refractivity contribution in [1.29, 1.82) is 0 Å². The van der Waals surface area contributed by atoms with Gasteiger partial charge < -0.3 is 9.64 Å². The summed E-state index contributed by atoms with van der Waals surface area (Å²) in [7, 11) is 1.65. The molecule has 4 heteroatoms. The highest BCUT2D eigenvalue weighted by molar-refractivity contribution is 5.79. The van der Waals surface area contributed by atoms with Crippen molar-refractivity contribution in [1.82, 2.24) is 9.88 Å². The van der Waals surface area contributed by atoms with Crippen molar-refractivity contribution >= 4 is 5.91 Å². The lowest BCUT2D eigenvalue weighted by Crippen LogP contribution is -2.40. The minimum atomic E-state index is 0.175. The van der Waals surface area contributed by atoms with Crippen molar-refractivity contribution in [3.8, 4) is 5.75 Å². The predicted molar refractivity (Wildman–Crippen MR) is 119 cm³/mol. The van der Waals surface area contributed by atoms with E-state index in [-0.39, 0.29) is 5.91 Å². The molecule has 0 bridgehead atoms. The van der Waals surface area contributed by atoms with Crippen LogP contribution in [0, 0.1) is 0 Å². The standard InChI is InChI=1S/C26H28N2O2/c1-30-24-11-5-9-21(16-24)17-26(29)28-14-6-10-23(19-28)25-13-12-22(18-27-25)15-20-7-3-2-4-8-20/h2-5,7-9,11-13,16,18,23H,6,10,14-15,17,19H2,1H3/t23-/m0/s1. The number of pyridine rings is 1. The number of carbonyl (C=O) groups excluding carboxylic acids is 1. The summed E-state index contributed by atoms with van der Waals surface area (Å²) in [4.78, 5) is 19.6. The minimum Gasteiger partial charge on any atom is -0.497 e. The maximum atomic E-state index is 12.9. The van der Waals surface area contributed by atoms with Gasteiger partial charge in [-0.3, -0.25) is 9.78 Å². The fourth-order valence-electron chi connectivity index (χ4n) is 4.13. The van der Waals surface area contributed by atoms with Gasteiger partial charge in [-0.1, -0.05) is 48.5 Å². The number of piperidine rings is 1. The zero-order valence-corrected chi connectivity index (χ0v) is 17.5. The van der Waals surface area contributed by atoms with Gasteiger partial charge in [-0.05, 0) is 54.2 Å². The molecule has 2 heterocycles. The maximum Gasteiger partial charge on any atom is 0.227 e. The van der Waals surface area contributed by atoms with Gasteiger partial charge in [-0.25, -0.2) is 0 Å². The first kappa shape index (κ1) is 20.1. The number of nitrogens with zero attached hydrogens (tertiary/aromatic N) is 2. The molecule has 4 rings (SSSR count). The second kappa shape index (κ2) is 9.57. The maximum absolute atomic E-state index is 12.9. The van der Waals surface area contributed by atoms with Crippen LogP contribution in [0.4, 0.5) is 0 Å². The Kier molecular flexibility index (Phi) is 6.43. The summed E-state index contributed by atoms with van der Waals surface area (Å²) >= 11 is 0. The summed E-state index contributed by atoms with van der Waals surface area (Å²) in [5, 5.41) is 0. The van der Waals surface area contributed by atoms with Crippen LogP contribution < -0.4 is 4.74 Å². The number of likely N-dealkylation sites (tertiary alicyclic amines) is 1. The van der Waals surface area contributed by atoms with E-state index in [2.05, 4.69) is 36.4 Å². The third-order valence-corrected chi connectivity index (χ3v) is 5.78. The minimum absolute atomic E-state index is 0.175. The van der Waals surface area contributed by atoms with E-state index in [9.17, 15) is 4.79 Å². The summed E-state index contributed by atoms with van der Waals surface area (Å²) < 4.78 is 5.27. The predicted octanol–water partition coefficient (Wildman–Crippen LogP) is 4.63. The van der Waals surface area contributed by atoms with Crippen LogP contribution in [-0.4, -0.2) is 36.0 Å². The Morgan fingerprint density at radius 2 is 1.87 bits per heavy atom. The number of hydrogen-bond acceptors (Lipinski definition) is 3. The second-order valence-electron chi connectivity index (χ2n) is 7.96. The summed E-state index contributed by atoms with van der Waals surface area (Å²) in [6.45, 7) is 1.57. The van der Waals surface area contributed by atoms with Crippen LogP contribution in [0.5, 0.6) is 5.75 Å². The van der Waals surface area contributed by atoms with E-state index in [0.29, 0.717) is 12.3 Å². The first-order chi connectivity index (χ1) is 14.7. The molecule has 0 radical (unpaired) electrons. The molecular formula is C26H28N2O2. The van der Waals surface area contributed by atoms with Gasteiger partial charge in [0, 0.05) is 30.9 Å². The lowest BCUT2D eigenvalue weighted by Gasteiger charge is -2.32. The number of rotatable bonds is 6. The van der Waals surface area contributed by atoms with E-state index >= 15 is 0 Å². The fourth-order valence-corrected chi connectivity index (χ4v) is 4.13. The molecule has 1 aliphatic heterocycles. The van der Waals surface area contributed by atoms with Crippen molar-refractivity contribution in [3.63, 3.8) is 0 Å². The molecule has 1 amide bonds. The van der Waals surface area contributed by atoms with Gasteiger partial charge in [0.15, 0.2) is 0 Å². The van der Waals surface area contributed by atoms with Gasteiger partial charge in [0.05, 0.1) is 13.5 Å². The van der Waals surface area contributed by atoms with E-state index in [1.165, 1.54) is 11.1 Å². The van der Waals surface area contributed by atoms with Crippen LogP contribution in [0.1, 0.15) is 41.1 Å². The molecule has 1 saturated heterocycles. The highest BCUT2D eigenvalue weighted by atomic mass is 16.5. The molecule has 0 unspecified atom stereocenters. The smallest absolute Gasteiger partial charge is 0.227 e. The molecule has 154 valence electrons. The lowest BCUT2D eigenvalue weighted by molar-refractivity contribution is -0.131. The molecule has 0 saturated carbocycles. The van der Waals surface area contributed by atoms with Crippen molar-refractivity contribution in [2.75, 3.05) is 20.2 Å². The Bertz CT molecular complexity index is 970. The van der Waals surface area contributed by atoms with Crippen LogP contribution in [0.15, 0.2) is 72.9 Å². The van der Waals surface area contributed by atoms with Crippen LogP contribution in [0.3, 0.4) is 0 Å². The normalized spacial score (nSPS) is 16.3. The summed E-state index contributed by atoms with van der Waals surface area (Å²) in [6.07, 6.45) is 5.38. The van der Waals surface area contributed by atoms with Crippen molar-refractivity contribution in [2.45, 2.75) is 31.6 Å². The number of benzene rings is 2. The number of methoxy groups -OCH3 is 1. The molecular weight excluding hydrogens is 372 g/mol. The highest BCUT2D eigenvalue weighted by Crippen LogP contribution is 2.26. The number of hydrogen-bond donors (Lipinski definition) is 0. The third-order valence-electron chi connectivity index (χ3n) is 5.78. The van der Waals surface area contributed by atoms with Crippen LogP contribution in [-0.2, 0) is 17.6 Å². The van der Waals surface area contributed by atoms with E-state index < -0.39 is 0 Å². The molecule has 2 aromatic carbocycles.